The summed E-state index contributed by atoms with van der Waals surface area (Å²) in [5.41, 5.74) is 0. The smallest absolute Gasteiger partial charge is 0.223 e. The SMILES string of the molecule is Cl.O=C(NCC1CNCC1O)C1CCCC1. The van der Waals surface area contributed by atoms with E-state index in [-0.39, 0.29) is 36.3 Å². The maximum atomic E-state index is 11.7. The molecule has 2 atom stereocenters. The Labute approximate surface area is 103 Å². The van der Waals surface area contributed by atoms with Crippen molar-refractivity contribution in [2.24, 2.45) is 11.8 Å². The molecule has 94 valence electrons. The molecule has 1 aliphatic heterocycles. The van der Waals surface area contributed by atoms with E-state index in [1.807, 2.05) is 0 Å². The van der Waals surface area contributed by atoms with Crippen molar-refractivity contribution < 1.29 is 9.90 Å². The van der Waals surface area contributed by atoms with Gasteiger partial charge in [0.2, 0.25) is 5.91 Å². The summed E-state index contributed by atoms with van der Waals surface area (Å²) in [6.45, 7) is 2.08. The topological polar surface area (TPSA) is 61.4 Å². The summed E-state index contributed by atoms with van der Waals surface area (Å²) in [6, 6.07) is 0. The molecule has 2 fully saturated rings. The highest BCUT2D eigenvalue weighted by molar-refractivity contribution is 5.85. The van der Waals surface area contributed by atoms with Gasteiger partial charge in [0.25, 0.3) is 0 Å². The lowest BCUT2D eigenvalue weighted by atomic mass is 10.0. The molecular formula is C11H21ClN2O2. The summed E-state index contributed by atoms with van der Waals surface area (Å²) in [5, 5.41) is 15.6. The molecule has 1 heterocycles. The van der Waals surface area contributed by atoms with E-state index in [9.17, 15) is 9.90 Å². The van der Waals surface area contributed by atoms with E-state index in [4.69, 9.17) is 0 Å². The van der Waals surface area contributed by atoms with Crippen LogP contribution < -0.4 is 10.6 Å². The number of β-amino-alcohol motifs (C(OH)–C–C–N with tert-alkyl or cyclic N) is 1. The number of hydrogen-bond acceptors (Lipinski definition) is 3. The number of rotatable bonds is 3. The highest BCUT2D eigenvalue weighted by atomic mass is 35.5. The van der Waals surface area contributed by atoms with Crippen LogP contribution in [0, 0.1) is 11.8 Å². The lowest BCUT2D eigenvalue weighted by Crippen LogP contribution is -2.37. The number of aliphatic hydroxyl groups is 1. The summed E-state index contributed by atoms with van der Waals surface area (Å²) in [6.07, 6.45) is 4.15. The number of hydrogen-bond donors (Lipinski definition) is 3. The van der Waals surface area contributed by atoms with E-state index in [1.165, 1.54) is 12.8 Å². The Balaban J connectivity index is 0.00000128. The molecular weight excluding hydrogens is 228 g/mol. The average molecular weight is 249 g/mol. The molecule has 0 radical (unpaired) electrons. The van der Waals surface area contributed by atoms with Crippen molar-refractivity contribution in [3.8, 4) is 0 Å². The maximum Gasteiger partial charge on any atom is 0.223 e. The number of aliphatic hydroxyl groups excluding tert-OH is 1. The Bertz CT molecular complexity index is 232. The molecule has 1 amide bonds. The molecule has 1 saturated heterocycles. The van der Waals surface area contributed by atoms with Crippen LogP contribution in [0.3, 0.4) is 0 Å². The third kappa shape index (κ3) is 3.34. The predicted octanol–water partition coefficient (Wildman–Crippen LogP) is 0.295. The normalized spacial score (nSPS) is 30.1. The number of carbonyl (C=O) groups excluding carboxylic acids is 1. The summed E-state index contributed by atoms with van der Waals surface area (Å²) < 4.78 is 0. The van der Waals surface area contributed by atoms with Gasteiger partial charge in [-0.15, -0.1) is 12.4 Å². The molecule has 2 aliphatic rings. The summed E-state index contributed by atoms with van der Waals surface area (Å²) in [5.74, 6) is 0.610. The predicted molar refractivity (Wildman–Crippen MR) is 64.6 cm³/mol. The van der Waals surface area contributed by atoms with Gasteiger partial charge in [-0.25, -0.2) is 0 Å². The van der Waals surface area contributed by atoms with Crippen LogP contribution in [0.1, 0.15) is 25.7 Å². The third-order valence-electron chi connectivity index (χ3n) is 3.57. The quantitative estimate of drug-likeness (QED) is 0.673. The summed E-state index contributed by atoms with van der Waals surface area (Å²) >= 11 is 0. The zero-order valence-electron chi connectivity index (χ0n) is 9.45. The highest BCUT2D eigenvalue weighted by Gasteiger charge is 2.27. The number of amides is 1. The minimum Gasteiger partial charge on any atom is -0.391 e. The molecule has 0 spiro atoms. The van der Waals surface area contributed by atoms with Gasteiger partial charge in [0.15, 0.2) is 0 Å². The van der Waals surface area contributed by atoms with Crippen molar-refractivity contribution in [3.63, 3.8) is 0 Å². The van der Waals surface area contributed by atoms with Gasteiger partial charge in [-0.2, -0.15) is 0 Å². The zero-order chi connectivity index (χ0) is 10.7. The fourth-order valence-electron chi connectivity index (χ4n) is 2.49. The largest absolute Gasteiger partial charge is 0.391 e. The van der Waals surface area contributed by atoms with Crippen molar-refractivity contribution in [1.82, 2.24) is 10.6 Å². The van der Waals surface area contributed by atoms with Crippen LogP contribution in [0.5, 0.6) is 0 Å². The Morgan fingerprint density at radius 1 is 1.31 bits per heavy atom. The molecule has 0 aromatic heterocycles. The first-order chi connectivity index (χ1) is 7.27. The highest BCUT2D eigenvalue weighted by Crippen LogP contribution is 2.24. The molecule has 2 rings (SSSR count). The van der Waals surface area contributed by atoms with E-state index in [0.29, 0.717) is 13.1 Å². The van der Waals surface area contributed by atoms with Gasteiger partial charge >= 0.3 is 0 Å². The van der Waals surface area contributed by atoms with Crippen molar-refractivity contribution in [2.45, 2.75) is 31.8 Å². The first-order valence-corrected chi connectivity index (χ1v) is 5.94. The third-order valence-corrected chi connectivity index (χ3v) is 3.57. The Morgan fingerprint density at radius 2 is 2.00 bits per heavy atom. The van der Waals surface area contributed by atoms with Gasteiger partial charge in [-0.3, -0.25) is 4.79 Å². The van der Waals surface area contributed by atoms with Crippen LogP contribution in [0.2, 0.25) is 0 Å². The molecule has 1 saturated carbocycles. The van der Waals surface area contributed by atoms with Crippen molar-refractivity contribution in [2.75, 3.05) is 19.6 Å². The zero-order valence-corrected chi connectivity index (χ0v) is 10.3. The van der Waals surface area contributed by atoms with Crippen molar-refractivity contribution in [1.29, 1.82) is 0 Å². The second-order valence-electron chi connectivity index (χ2n) is 4.71. The molecule has 0 bridgehead atoms. The molecule has 0 aromatic rings. The maximum absolute atomic E-state index is 11.7. The van der Waals surface area contributed by atoms with E-state index < -0.39 is 0 Å². The minimum absolute atomic E-state index is 0. The molecule has 1 aliphatic carbocycles. The molecule has 2 unspecified atom stereocenters. The number of carbonyl (C=O) groups is 1. The van der Waals surface area contributed by atoms with E-state index in [1.54, 1.807) is 0 Å². The van der Waals surface area contributed by atoms with Gasteiger partial charge in [0.05, 0.1) is 6.10 Å². The van der Waals surface area contributed by atoms with Crippen LogP contribution in [-0.2, 0) is 4.79 Å². The number of halogens is 1. The second-order valence-corrected chi connectivity index (χ2v) is 4.71. The molecule has 3 N–H and O–H groups in total. The van der Waals surface area contributed by atoms with E-state index in [2.05, 4.69) is 10.6 Å². The Kier molecular flexibility index (Phi) is 5.52. The summed E-state index contributed by atoms with van der Waals surface area (Å²) in [4.78, 5) is 11.7. The van der Waals surface area contributed by atoms with Gasteiger partial charge in [-0.05, 0) is 12.8 Å². The number of nitrogens with one attached hydrogen (secondary N) is 2. The Morgan fingerprint density at radius 3 is 2.56 bits per heavy atom. The van der Waals surface area contributed by atoms with E-state index >= 15 is 0 Å². The Hall–Kier alpha value is -0.320. The van der Waals surface area contributed by atoms with Crippen molar-refractivity contribution >= 4 is 18.3 Å². The van der Waals surface area contributed by atoms with Crippen LogP contribution in [-0.4, -0.2) is 36.8 Å². The van der Waals surface area contributed by atoms with Crippen LogP contribution in [0.4, 0.5) is 0 Å². The minimum atomic E-state index is -0.297. The molecule has 16 heavy (non-hydrogen) atoms. The van der Waals surface area contributed by atoms with Gasteiger partial charge in [-0.1, -0.05) is 12.8 Å². The average Bonchev–Trinajstić information content (AvgIpc) is 2.85. The fraction of sp³-hybridized carbons (Fsp3) is 0.909. The van der Waals surface area contributed by atoms with Crippen LogP contribution >= 0.6 is 12.4 Å². The lowest BCUT2D eigenvalue weighted by molar-refractivity contribution is -0.125. The summed E-state index contributed by atoms with van der Waals surface area (Å²) in [7, 11) is 0. The lowest BCUT2D eigenvalue weighted by Gasteiger charge is -2.16. The van der Waals surface area contributed by atoms with Gasteiger partial charge in [0, 0.05) is 31.5 Å². The van der Waals surface area contributed by atoms with Crippen LogP contribution in [0.15, 0.2) is 0 Å². The van der Waals surface area contributed by atoms with E-state index in [0.717, 1.165) is 19.4 Å². The standard InChI is InChI=1S/C11H20N2O2.ClH/c14-10-7-12-5-9(10)6-13-11(15)8-3-1-2-4-8;/h8-10,12,14H,1-7H2,(H,13,15);1H. The molecule has 0 aromatic carbocycles. The first kappa shape index (κ1) is 13.7. The second kappa shape index (κ2) is 6.42. The monoisotopic (exact) mass is 248 g/mol. The molecule has 5 heteroatoms. The fourth-order valence-corrected chi connectivity index (χ4v) is 2.49. The van der Waals surface area contributed by atoms with Gasteiger partial charge in [0.1, 0.15) is 0 Å². The van der Waals surface area contributed by atoms with Crippen LogP contribution in [0.25, 0.3) is 0 Å². The van der Waals surface area contributed by atoms with Crippen molar-refractivity contribution in [3.05, 3.63) is 0 Å². The molecule has 4 nitrogen and oxygen atoms in total. The van der Waals surface area contributed by atoms with Gasteiger partial charge < -0.3 is 15.7 Å². The first-order valence-electron chi connectivity index (χ1n) is 5.94.